The number of carbonyl (C=O) groups is 4. The van der Waals surface area contributed by atoms with Crippen molar-refractivity contribution in [2.24, 2.45) is 17.8 Å². The molecular weight excluding hydrogens is 370 g/mol. The average Bonchev–Trinajstić information content (AvgIpc) is 2.95. The largest absolute Gasteiger partial charge is 0.352 e. The molecule has 1 saturated heterocycles. The first-order valence-electron chi connectivity index (χ1n) is 10.1. The summed E-state index contributed by atoms with van der Waals surface area (Å²) in [5.74, 6) is -1.24. The lowest BCUT2D eigenvalue weighted by Gasteiger charge is -2.15. The van der Waals surface area contributed by atoms with E-state index in [2.05, 4.69) is 10.6 Å². The van der Waals surface area contributed by atoms with Gasteiger partial charge in [0.25, 0.3) is 5.91 Å². The number of benzene rings is 1. The summed E-state index contributed by atoms with van der Waals surface area (Å²) in [6, 6.07) is 6.78. The van der Waals surface area contributed by atoms with E-state index in [9.17, 15) is 19.2 Å². The summed E-state index contributed by atoms with van der Waals surface area (Å²) in [5, 5.41) is 5.57. The molecule has 1 fully saturated rings. The molecule has 0 saturated carbocycles. The summed E-state index contributed by atoms with van der Waals surface area (Å²) < 4.78 is 0. The maximum absolute atomic E-state index is 12.5. The number of fused-ring (bicyclic) bond motifs is 1. The number of anilines is 1. The van der Waals surface area contributed by atoms with Gasteiger partial charge in [0.05, 0.1) is 23.1 Å². The maximum atomic E-state index is 12.5. The van der Waals surface area contributed by atoms with Gasteiger partial charge in [-0.2, -0.15) is 0 Å². The SMILES string of the molecule is CC(C)CNC(=O)c1ccccc1NC(=O)CCN1C(=O)[C@@H]2CC=CC[C@H]2C1=O. The Morgan fingerprint density at radius 3 is 2.31 bits per heavy atom. The number of para-hydroxylation sites is 1. The van der Waals surface area contributed by atoms with Gasteiger partial charge in [-0.3, -0.25) is 24.1 Å². The highest BCUT2D eigenvalue weighted by atomic mass is 16.2. The van der Waals surface area contributed by atoms with E-state index < -0.39 is 0 Å². The van der Waals surface area contributed by atoms with Crippen LogP contribution in [0.4, 0.5) is 5.69 Å². The Morgan fingerprint density at radius 1 is 1.07 bits per heavy atom. The van der Waals surface area contributed by atoms with Crippen molar-refractivity contribution in [3.05, 3.63) is 42.0 Å². The molecular formula is C22H27N3O4. The van der Waals surface area contributed by atoms with Gasteiger partial charge in [0, 0.05) is 19.5 Å². The third-order valence-electron chi connectivity index (χ3n) is 5.28. The summed E-state index contributed by atoms with van der Waals surface area (Å²) in [6.07, 6.45) is 5.02. The minimum atomic E-state index is -0.345. The topological polar surface area (TPSA) is 95.6 Å². The van der Waals surface area contributed by atoms with Crippen LogP contribution in [0.5, 0.6) is 0 Å². The molecule has 1 aliphatic heterocycles. The molecule has 0 spiro atoms. The van der Waals surface area contributed by atoms with Gasteiger partial charge in [-0.25, -0.2) is 0 Å². The number of allylic oxidation sites excluding steroid dienone is 2. The van der Waals surface area contributed by atoms with Crippen molar-refractivity contribution >= 4 is 29.3 Å². The van der Waals surface area contributed by atoms with Crippen LogP contribution >= 0.6 is 0 Å². The molecule has 3 rings (SSSR count). The fourth-order valence-corrected chi connectivity index (χ4v) is 3.70. The third kappa shape index (κ3) is 4.72. The number of nitrogens with one attached hydrogen (secondary N) is 2. The second-order valence-corrected chi connectivity index (χ2v) is 7.93. The number of imide groups is 1. The fraction of sp³-hybridized carbons (Fsp3) is 0.455. The second-order valence-electron chi connectivity index (χ2n) is 7.93. The van der Waals surface area contributed by atoms with Crippen LogP contribution in [0.3, 0.4) is 0 Å². The summed E-state index contributed by atoms with van der Waals surface area (Å²) in [4.78, 5) is 51.0. The Labute approximate surface area is 170 Å². The summed E-state index contributed by atoms with van der Waals surface area (Å²) >= 11 is 0. The van der Waals surface area contributed by atoms with E-state index in [1.165, 1.54) is 4.90 Å². The minimum Gasteiger partial charge on any atom is -0.352 e. The number of likely N-dealkylation sites (tertiary alicyclic amines) is 1. The van der Waals surface area contributed by atoms with Crippen LogP contribution < -0.4 is 10.6 Å². The number of carbonyl (C=O) groups excluding carboxylic acids is 4. The van der Waals surface area contributed by atoms with Crippen LogP contribution in [0.15, 0.2) is 36.4 Å². The normalized spacial score (nSPS) is 20.7. The molecule has 0 radical (unpaired) electrons. The fourth-order valence-electron chi connectivity index (χ4n) is 3.70. The van der Waals surface area contributed by atoms with E-state index in [1.54, 1.807) is 24.3 Å². The van der Waals surface area contributed by atoms with E-state index in [4.69, 9.17) is 0 Å². The molecule has 4 amide bonds. The Morgan fingerprint density at radius 2 is 1.69 bits per heavy atom. The van der Waals surface area contributed by atoms with Crippen LogP contribution in [-0.4, -0.2) is 41.6 Å². The second kappa shape index (κ2) is 9.03. The summed E-state index contributed by atoms with van der Waals surface area (Å²) in [5.41, 5.74) is 0.794. The van der Waals surface area contributed by atoms with Crippen molar-refractivity contribution < 1.29 is 19.2 Å². The average molecular weight is 397 g/mol. The van der Waals surface area contributed by atoms with Crippen LogP contribution in [0.2, 0.25) is 0 Å². The van der Waals surface area contributed by atoms with Crippen molar-refractivity contribution in [2.75, 3.05) is 18.4 Å². The van der Waals surface area contributed by atoms with Crippen LogP contribution in [-0.2, 0) is 14.4 Å². The highest BCUT2D eigenvalue weighted by molar-refractivity contribution is 6.06. The highest BCUT2D eigenvalue weighted by Crippen LogP contribution is 2.35. The number of amides is 4. The van der Waals surface area contributed by atoms with Gasteiger partial charge in [0.15, 0.2) is 0 Å². The minimum absolute atomic E-state index is 0.00764. The molecule has 2 aliphatic rings. The van der Waals surface area contributed by atoms with E-state index in [-0.39, 0.29) is 48.4 Å². The van der Waals surface area contributed by atoms with Crippen molar-refractivity contribution in [2.45, 2.75) is 33.1 Å². The molecule has 29 heavy (non-hydrogen) atoms. The lowest BCUT2D eigenvalue weighted by atomic mass is 9.85. The van der Waals surface area contributed by atoms with Gasteiger partial charge in [0.1, 0.15) is 0 Å². The first kappa shape index (κ1) is 20.8. The zero-order chi connectivity index (χ0) is 21.0. The smallest absolute Gasteiger partial charge is 0.253 e. The monoisotopic (exact) mass is 397 g/mol. The molecule has 2 atom stereocenters. The first-order valence-corrected chi connectivity index (χ1v) is 10.1. The van der Waals surface area contributed by atoms with Gasteiger partial charge in [-0.1, -0.05) is 38.1 Å². The third-order valence-corrected chi connectivity index (χ3v) is 5.28. The number of hydrogen-bond donors (Lipinski definition) is 2. The molecule has 1 aromatic rings. The molecule has 1 aromatic carbocycles. The predicted octanol–water partition coefficient (Wildman–Crippen LogP) is 2.35. The van der Waals surface area contributed by atoms with Crippen LogP contribution in [0.1, 0.15) is 43.5 Å². The van der Waals surface area contributed by atoms with Gasteiger partial charge in [0.2, 0.25) is 17.7 Å². The van der Waals surface area contributed by atoms with Gasteiger partial charge in [-0.05, 0) is 30.9 Å². The Bertz CT molecular complexity index is 820. The van der Waals surface area contributed by atoms with Crippen molar-refractivity contribution in [3.8, 4) is 0 Å². The van der Waals surface area contributed by atoms with E-state index in [0.29, 0.717) is 36.6 Å². The molecule has 7 nitrogen and oxygen atoms in total. The van der Waals surface area contributed by atoms with Gasteiger partial charge < -0.3 is 10.6 Å². The number of hydrogen-bond acceptors (Lipinski definition) is 4. The van der Waals surface area contributed by atoms with Crippen molar-refractivity contribution in [1.29, 1.82) is 0 Å². The van der Waals surface area contributed by atoms with E-state index >= 15 is 0 Å². The number of rotatable bonds is 7. The lowest BCUT2D eigenvalue weighted by molar-refractivity contribution is -0.140. The quantitative estimate of drug-likeness (QED) is 0.545. The standard InChI is InChI=1S/C22H27N3O4/c1-14(2)13-23-20(27)17-9-5-6-10-18(17)24-19(26)11-12-25-21(28)15-7-3-4-8-16(15)22(25)29/h3-6,9-10,14-16H,7-8,11-13H2,1-2H3,(H,23,27)(H,24,26)/t15-,16-/m1/s1. The molecule has 1 heterocycles. The molecule has 2 N–H and O–H groups in total. The van der Waals surface area contributed by atoms with Gasteiger partial charge in [-0.15, -0.1) is 0 Å². The lowest BCUT2D eigenvalue weighted by Crippen LogP contribution is -2.34. The zero-order valence-corrected chi connectivity index (χ0v) is 16.8. The van der Waals surface area contributed by atoms with Crippen LogP contribution in [0.25, 0.3) is 0 Å². The Balaban J connectivity index is 1.58. The van der Waals surface area contributed by atoms with Crippen LogP contribution in [0, 0.1) is 17.8 Å². The van der Waals surface area contributed by atoms with Crippen molar-refractivity contribution in [3.63, 3.8) is 0 Å². The first-order chi connectivity index (χ1) is 13.9. The Kier molecular flexibility index (Phi) is 6.46. The van der Waals surface area contributed by atoms with E-state index in [1.807, 2.05) is 26.0 Å². The molecule has 0 unspecified atom stereocenters. The molecule has 154 valence electrons. The van der Waals surface area contributed by atoms with E-state index in [0.717, 1.165) is 0 Å². The molecule has 0 aromatic heterocycles. The predicted molar refractivity (Wildman–Crippen MR) is 109 cm³/mol. The highest BCUT2D eigenvalue weighted by Gasteiger charge is 2.46. The molecule has 0 bridgehead atoms. The number of nitrogens with zero attached hydrogens (tertiary/aromatic N) is 1. The summed E-state index contributed by atoms with van der Waals surface area (Å²) in [6.45, 7) is 4.60. The molecule has 1 aliphatic carbocycles. The Hall–Kier alpha value is -2.96. The zero-order valence-electron chi connectivity index (χ0n) is 16.8. The van der Waals surface area contributed by atoms with Crippen molar-refractivity contribution in [1.82, 2.24) is 10.2 Å². The summed E-state index contributed by atoms with van der Waals surface area (Å²) in [7, 11) is 0. The maximum Gasteiger partial charge on any atom is 0.253 e. The van der Waals surface area contributed by atoms with Gasteiger partial charge >= 0.3 is 0 Å². The molecule has 7 heteroatoms.